The van der Waals surface area contributed by atoms with Gasteiger partial charge in [0.15, 0.2) is 0 Å². The van der Waals surface area contributed by atoms with Crippen LogP contribution in [0.4, 0.5) is 0 Å². The van der Waals surface area contributed by atoms with Crippen molar-refractivity contribution in [3.05, 3.63) is 16.1 Å². The third kappa shape index (κ3) is 4.12. The molecular weight excluding hydrogens is 244 g/mol. The number of carboxylic acid groups (broad SMARTS) is 2. The topological polar surface area (TPSA) is 90.7 Å². The third-order valence-corrected chi connectivity index (χ3v) is 3.08. The molecule has 0 aliphatic rings. The number of nitrogens with zero attached hydrogens (tertiary/aromatic N) is 2. The number of aryl methyl sites for hydroxylation is 1. The van der Waals surface area contributed by atoms with Crippen LogP contribution in [0.5, 0.6) is 0 Å². The van der Waals surface area contributed by atoms with Gasteiger partial charge < -0.3 is 10.2 Å². The minimum absolute atomic E-state index is 0.315. The molecule has 0 amide bonds. The van der Waals surface area contributed by atoms with Crippen molar-refractivity contribution in [2.75, 3.05) is 13.1 Å². The van der Waals surface area contributed by atoms with Crippen LogP contribution in [0.1, 0.15) is 23.7 Å². The summed E-state index contributed by atoms with van der Waals surface area (Å²) < 4.78 is 0. The molecule has 94 valence electrons. The minimum atomic E-state index is -1.05. The maximum atomic E-state index is 10.7. The van der Waals surface area contributed by atoms with E-state index in [1.807, 2.05) is 12.3 Å². The van der Waals surface area contributed by atoms with Gasteiger partial charge in [-0.1, -0.05) is 0 Å². The largest absolute Gasteiger partial charge is 0.480 e. The molecule has 1 rings (SSSR count). The van der Waals surface area contributed by atoms with E-state index in [9.17, 15) is 9.59 Å². The van der Waals surface area contributed by atoms with E-state index in [4.69, 9.17) is 10.2 Å². The first-order chi connectivity index (χ1) is 7.90. The van der Waals surface area contributed by atoms with E-state index in [1.165, 1.54) is 16.2 Å². The molecule has 0 saturated carbocycles. The summed E-state index contributed by atoms with van der Waals surface area (Å²) in [6.07, 6.45) is 0. The zero-order chi connectivity index (χ0) is 13.0. The molecule has 0 aliphatic carbocycles. The standard InChI is InChI=1S/C10H14N2O4S/c1-6(8-5-17-7(2)11-8)12(3-9(13)14)4-10(15)16/h5-6H,3-4H2,1-2H3,(H,13,14)(H,15,16). The lowest BCUT2D eigenvalue weighted by molar-refractivity contribution is -0.142. The number of aromatic nitrogens is 1. The molecule has 1 aromatic heterocycles. The Morgan fingerprint density at radius 3 is 2.29 bits per heavy atom. The average molecular weight is 258 g/mol. The van der Waals surface area contributed by atoms with Crippen molar-refractivity contribution in [3.8, 4) is 0 Å². The van der Waals surface area contributed by atoms with E-state index in [0.717, 1.165) is 5.01 Å². The Bertz CT molecular complexity index is 402. The molecule has 0 aromatic carbocycles. The Labute approximate surface area is 103 Å². The van der Waals surface area contributed by atoms with Gasteiger partial charge in [0.2, 0.25) is 0 Å². The molecule has 1 aromatic rings. The zero-order valence-corrected chi connectivity index (χ0v) is 10.4. The van der Waals surface area contributed by atoms with Crippen molar-refractivity contribution in [1.29, 1.82) is 0 Å². The van der Waals surface area contributed by atoms with Crippen LogP contribution in [-0.4, -0.2) is 45.1 Å². The molecule has 0 aliphatic heterocycles. The first kappa shape index (κ1) is 13.6. The van der Waals surface area contributed by atoms with Crippen molar-refractivity contribution in [2.24, 2.45) is 0 Å². The maximum absolute atomic E-state index is 10.7. The predicted molar refractivity (Wildman–Crippen MR) is 62.1 cm³/mol. The molecule has 7 heteroatoms. The highest BCUT2D eigenvalue weighted by atomic mass is 32.1. The average Bonchev–Trinajstić information content (AvgIpc) is 2.61. The van der Waals surface area contributed by atoms with Gasteiger partial charge in [0.05, 0.1) is 29.8 Å². The van der Waals surface area contributed by atoms with Gasteiger partial charge >= 0.3 is 11.9 Å². The Morgan fingerprint density at radius 1 is 1.41 bits per heavy atom. The van der Waals surface area contributed by atoms with Crippen molar-refractivity contribution in [1.82, 2.24) is 9.88 Å². The fourth-order valence-corrected chi connectivity index (χ4v) is 2.14. The Kier molecular flexibility index (Phi) is 4.59. The van der Waals surface area contributed by atoms with Crippen molar-refractivity contribution < 1.29 is 19.8 Å². The fraction of sp³-hybridized carbons (Fsp3) is 0.500. The first-order valence-corrected chi connectivity index (χ1v) is 5.87. The summed E-state index contributed by atoms with van der Waals surface area (Å²) in [6.45, 7) is 2.97. The van der Waals surface area contributed by atoms with Crippen LogP contribution in [0.25, 0.3) is 0 Å². The zero-order valence-electron chi connectivity index (χ0n) is 9.58. The number of carbonyl (C=O) groups is 2. The second kappa shape index (κ2) is 5.74. The number of hydrogen-bond donors (Lipinski definition) is 2. The summed E-state index contributed by atoms with van der Waals surface area (Å²) in [4.78, 5) is 27.0. The van der Waals surface area contributed by atoms with Crippen LogP contribution in [0.15, 0.2) is 5.38 Å². The summed E-state index contributed by atoms with van der Waals surface area (Å²) in [5, 5.41) is 20.2. The highest BCUT2D eigenvalue weighted by molar-refractivity contribution is 7.09. The highest BCUT2D eigenvalue weighted by Gasteiger charge is 2.22. The summed E-state index contributed by atoms with van der Waals surface area (Å²) in [6, 6.07) is -0.327. The van der Waals surface area contributed by atoms with Crippen molar-refractivity contribution >= 4 is 23.3 Å². The van der Waals surface area contributed by atoms with Gasteiger partial charge in [-0.25, -0.2) is 4.98 Å². The quantitative estimate of drug-likeness (QED) is 0.790. The monoisotopic (exact) mass is 258 g/mol. The Morgan fingerprint density at radius 2 is 1.94 bits per heavy atom. The molecule has 6 nitrogen and oxygen atoms in total. The number of rotatable bonds is 6. The van der Waals surface area contributed by atoms with Gasteiger partial charge in [-0.3, -0.25) is 14.5 Å². The fourth-order valence-electron chi connectivity index (χ4n) is 1.44. The van der Waals surface area contributed by atoms with Gasteiger partial charge in [0.1, 0.15) is 0 Å². The number of aliphatic carboxylic acids is 2. The Hall–Kier alpha value is -1.47. The molecule has 0 fully saturated rings. The second-order valence-electron chi connectivity index (χ2n) is 3.66. The smallest absolute Gasteiger partial charge is 0.317 e. The van der Waals surface area contributed by atoms with Gasteiger partial charge in [0.25, 0.3) is 0 Å². The van der Waals surface area contributed by atoms with E-state index < -0.39 is 11.9 Å². The molecule has 1 unspecified atom stereocenters. The first-order valence-electron chi connectivity index (χ1n) is 4.99. The van der Waals surface area contributed by atoms with E-state index >= 15 is 0 Å². The van der Waals surface area contributed by atoms with Crippen LogP contribution in [0.3, 0.4) is 0 Å². The van der Waals surface area contributed by atoms with Gasteiger partial charge in [0, 0.05) is 5.38 Å². The summed E-state index contributed by atoms with van der Waals surface area (Å²) in [5.41, 5.74) is 0.704. The molecule has 0 saturated heterocycles. The van der Waals surface area contributed by atoms with Gasteiger partial charge in [-0.05, 0) is 13.8 Å². The van der Waals surface area contributed by atoms with Crippen molar-refractivity contribution in [3.63, 3.8) is 0 Å². The molecule has 1 heterocycles. The van der Waals surface area contributed by atoms with E-state index in [1.54, 1.807) is 6.92 Å². The normalized spacial score (nSPS) is 12.6. The summed E-state index contributed by atoms with van der Waals surface area (Å²) in [5.74, 6) is -2.10. The van der Waals surface area contributed by atoms with Crippen molar-refractivity contribution in [2.45, 2.75) is 19.9 Å². The molecule has 0 spiro atoms. The number of carboxylic acids is 2. The summed E-state index contributed by atoms with van der Waals surface area (Å²) >= 11 is 1.46. The van der Waals surface area contributed by atoms with Gasteiger partial charge in [-0.15, -0.1) is 11.3 Å². The maximum Gasteiger partial charge on any atom is 0.317 e. The van der Waals surface area contributed by atoms with E-state index in [-0.39, 0.29) is 19.1 Å². The number of thiazole rings is 1. The molecule has 17 heavy (non-hydrogen) atoms. The Balaban J connectivity index is 2.81. The van der Waals surface area contributed by atoms with Crippen LogP contribution < -0.4 is 0 Å². The molecule has 0 radical (unpaired) electrons. The number of hydrogen-bond acceptors (Lipinski definition) is 5. The van der Waals surface area contributed by atoms with Gasteiger partial charge in [-0.2, -0.15) is 0 Å². The van der Waals surface area contributed by atoms with E-state index in [0.29, 0.717) is 5.69 Å². The van der Waals surface area contributed by atoms with Crippen LogP contribution in [0.2, 0.25) is 0 Å². The lowest BCUT2D eigenvalue weighted by atomic mass is 10.2. The SMILES string of the molecule is Cc1nc(C(C)N(CC(=O)O)CC(=O)O)cs1. The molecule has 1 atom stereocenters. The molecule has 2 N–H and O–H groups in total. The minimum Gasteiger partial charge on any atom is -0.480 e. The molecular formula is C10H14N2O4S. The lowest BCUT2D eigenvalue weighted by Crippen LogP contribution is -2.36. The highest BCUT2D eigenvalue weighted by Crippen LogP contribution is 2.21. The lowest BCUT2D eigenvalue weighted by Gasteiger charge is -2.24. The molecule has 0 bridgehead atoms. The second-order valence-corrected chi connectivity index (χ2v) is 4.72. The summed E-state index contributed by atoms with van der Waals surface area (Å²) in [7, 11) is 0. The van der Waals surface area contributed by atoms with Crippen LogP contribution in [-0.2, 0) is 9.59 Å². The van der Waals surface area contributed by atoms with E-state index in [2.05, 4.69) is 4.98 Å². The predicted octanol–water partition coefficient (Wildman–Crippen LogP) is 0.984. The third-order valence-electron chi connectivity index (χ3n) is 2.29. The van der Waals surface area contributed by atoms with Crippen LogP contribution >= 0.6 is 11.3 Å². The van der Waals surface area contributed by atoms with Crippen LogP contribution in [0, 0.1) is 6.92 Å².